The van der Waals surface area contributed by atoms with Gasteiger partial charge in [0.2, 0.25) is 0 Å². The van der Waals surface area contributed by atoms with Crippen LogP contribution in [0.3, 0.4) is 0 Å². The van der Waals surface area contributed by atoms with Crippen molar-refractivity contribution in [3.05, 3.63) is 0 Å². The summed E-state index contributed by atoms with van der Waals surface area (Å²) in [7, 11) is 0. The van der Waals surface area contributed by atoms with Crippen LogP contribution in [0.25, 0.3) is 0 Å². The van der Waals surface area contributed by atoms with Crippen molar-refractivity contribution in [3.8, 4) is 0 Å². The van der Waals surface area contributed by atoms with Gasteiger partial charge in [-0.25, -0.2) is 0 Å². The zero-order chi connectivity index (χ0) is 9.90. The van der Waals surface area contributed by atoms with Crippen LogP contribution in [-0.2, 0) is 0 Å². The molecule has 1 nitrogen and oxygen atoms in total. The van der Waals surface area contributed by atoms with Gasteiger partial charge in [-0.1, -0.05) is 34.1 Å². The highest BCUT2D eigenvalue weighted by atomic mass is 15.2. The summed E-state index contributed by atoms with van der Waals surface area (Å²) in [6.45, 7) is 12.0. The van der Waals surface area contributed by atoms with E-state index in [4.69, 9.17) is 0 Å². The molecule has 0 aromatic rings. The minimum absolute atomic E-state index is 0.510. The van der Waals surface area contributed by atoms with E-state index < -0.39 is 0 Å². The molecule has 0 aliphatic carbocycles. The number of likely N-dealkylation sites (tertiary alicyclic amines) is 1. The summed E-state index contributed by atoms with van der Waals surface area (Å²) in [5, 5.41) is 0. The molecular formula is C12H25N. The highest BCUT2D eigenvalue weighted by Crippen LogP contribution is 2.34. The van der Waals surface area contributed by atoms with Gasteiger partial charge in [0.1, 0.15) is 0 Å². The van der Waals surface area contributed by atoms with Gasteiger partial charge in [-0.15, -0.1) is 0 Å². The van der Waals surface area contributed by atoms with E-state index in [0.717, 1.165) is 6.04 Å². The molecule has 0 radical (unpaired) electrons. The molecule has 1 fully saturated rings. The molecule has 1 heteroatoms. The van der Waals surface area contributed by atoms with Gasteiger partial charge in [0, 0.05) is 6.04 Å². The summed E-state index contributed by atoms with van der Waals surface area (Å²) in [6.07, 6.45) is 5.55. The SMILES string of the molecule is CCN1CCCCC1C(C)(C)CC. The first-order valence-electron chi connectivity index (χ1n) is 5.86. The molecule has 0 spiro atoms. The van der Waals surface area contributed by atoms with Crippen molar-refractivity contribution >= 4 is 0 Å². The molecule has 1 heterocycles. The molecule has 1 unspecified atom stereocenters. The lowest BCUT2D eigenvalue weighted by molar-refractivity contribution is 0.0554. The van der Waals surface area contributed by atoms with Gasteiger partial charge in [-0.2, -0.15) is 0 Å². The Kier molecular flexibility index (Phi) is 3.78. The minimum atomic E-state index is 0.510. The monoisotopic (exact) mass is 183 g/mol. The first-order chi connectivity index (χ1) is 6.11. The maximum atomic E-state index is 2.67. The zero-order valence-electron chi connectivity index (χ0n) is 9.77. The van der Waals surface area contributed by atoms with Crippen molar-refractivity contribution in [2.45, 2.75) is 59.4 Å². The number of hydrogen-bond acceptors (Lipinski definition) is 1. The van der Waals surface area contributed by atoms with Gasteiger partial charge in [-0.05, 0) is 37.8 Å². The predicted octanol–water partition coefficient (Wildman–Crippen LogP) is 3.30. The fourth-order valence-corrected chi connectivity index (χ4v) is 2.49. The molecule has 1 rings (SSSR count). The minimum Gasteiger partial charge on any atom is -0.300 e. The Morgan fingerprint density at radius 2 is 1.92 bits per heavy atom. The van der Waals surface area contributed by atoms with Crippen LogP contribution >= 0.6 is 0 Å². The van der Waals surface area contributed by atoms with E-state index in [9.17, 15) is 0 Å². The molecule has 0 aromatic carbocycles. The van der Waals surface area contributed by atoms with E-state index in [-0.39, 0.29) is 0 Å². The van der Waals surface area contributed by atoms with Crippen LogP contribution in [0.4, 0.5) is 0 Å². The van der Waals surface area contributed by atoms with Crippen LogP contribution in [-0.4, -0.2) is 24.0 Å². The molecule has 0 aromatic heterocycles. The molecule has 1 aliphatic rings. The van der Waals surface area contributed by atoms with Crippen LogP contribution in [0.15, 0.2) is 0 Å². The normalized spacial score (nSPS) is 26.3. The van der Waals surface area contributed by atoms with Crippen LogP contribution in [0.5, 0.6) is 0 Å². The summed E-state index contributed by atoms with van der Waals surface area (Å²) in [4.78, 5) is 2.67. The second-order valence-electron chi connectivity index (χ2n) is 4.98. The van der Waals surface area contributed by atoms with Crippen molar-refractivity contribution in [1.29, 1.82) is 0 Å². The van der Waals surface area contributed by atoms with Gasteiger partial charge in [0.15, 0.2) is 0 Å². The Bertz CT molecular complexity index is 151. The molecule has 0 N–H and O–H groups in total. The number of rotatable bonds is 3. The number of nitrogens with zero attached hydrogens (tertiary/aromatic N) is 1. The van der Waals surface area contributed by atoms with Crippen LogP contribution in [0.2, 0.25) is 0 Å². The Hall–Kier alpha value is -0.0400. The van der Waals surface area contributed by atoms with Crippen molar-refractivity contribution in [2.75, 3.05) is 13.1 Å². The Morgan fingerprint density at radius 1 is 1.23 bits per heavy atom. The van der Waals surface area contributed by atoms with Crippen molar-refractivity contribution < 1.29 is 0 Å². The van der Waals surface area contributed by atoms with Gasteiger partial charge >= 0.3 is 0 Å². The molecule has 1 atom stereocenters. The number of hydrogen-bond donors (Lipinski definition) is 0. The van der Waals surface area contributed by atoms with Crippen molar-refractivity contribution in [3.63, 3.8) is 0 Å². The lowest BCUT2D eigenvalue weighted by Gasteiger charge is -2.44. The Morgan fingerprint density at radius 3 is 2.46 bits per heavy atom. The van der Waals surface area contributed by atoms with Crippen molar-refractivity contribution in [1.82, 2.24) is 4.90 Å². The Balaban J connectivity index is 2.63. The van der Waals surface area contributed by atoms with E-state index in [0.29, 0.717) is 5.41 Å². The van der Waals surface area contributed by atoms with E-state index >= 15 is 0 Å². The summed E-state index contributed by atoms with van der Waals surface area (Å²) in [6, 6.07) is 0.830. The third-order valence-electron chi connectivity index (χ3n) is 3.83. The standard InChI is InChI=1S/C12H25N/c1-5-12(3,4)11-9-7-8-10-13(11)6-2/h11H,5-10H2,1-4H3. The van der Waals surface area contributed by atoms with Crippen LogP contribution in [0.1, 0.15) is 53.4 Å². The maximum Gasteiger partial charge on any atom is 0.0146 e. The largest absolute Gasteiger partial charge is 0.300 e. The second-order valence-corrected chi connectivity index (χ2v) is 4.98. The first kappa shape index (κ1) is 11.0. The third kappa shape index (κ3) is 2.46. The van der Waals surface area contributed by atoms with Crippen LogP contribution in [0, 0.1) is 5.41 Å². The fourth-order valence-electron chi connectivity index (χ4n) is 2.49. The van der Waals surface area contributed by atoms with Crippen LogP contribution < -0.4 is 0 Å². The Labute approximate surface area is 83.5 Å². The molecule has 1 saturated heterocycles. The summed E-state index contributed by atoms with van der Waals surface area (Å²) in [5.41, 5.74) is 0.510. The lowest BCUT2D eigenvalue weighted by Crippen LogP contribution is -2.47. The quantitative estimate of drug-likeness (QED) is 0.649. The average molecular weight is 183 g/mol. The van der Waals surface area contributed by atoms with Gasteiger partial charge < -0.3 is 4.90 Å². The van der Waals surface area contributed by atoms with E-state index in [1.54, 1.807) is 0 Å². The van der Waals surface area contributed by atoms with Gasteiger partial charge in [0.25, 0.3) is 0 Å². The molecule has 0 amide bonds. The molecule has 78 valence electrons. The second kappa shape index (κ2) is 4.45. The first-order valence-corrected chi connectivity index (χ1v) is 5.86. The molecule has 1 aliphatic heterocycles. The molecule has 0 saturated carbocycles. The zero-order valence-corrected chi connectivity index (χ0v) is 9.77. The smallest absolute Gasteiger partial charge is 0.0146 e. The lowest BCUT2D eigenvalue weighted by atomic mass is 9.77. The molecule has 0 bridgehead atoms. The van der Waals surface area contributed by atoms with Gasteiger partial charge in [0.05, 0.1) is 0 Å². The van der Waals surface area contributed by atoms with E-state index in [2.05, 4.69) is 32.6 Å². The highest BCUT2D eigenvalue weighted by molar-refractivity contribution is 4.87. The summed E-state index contributed by atoms with van der Waals surface area (Å²) >= 11 is 0. The average Bonchev–Trinajstić information content (AvgIpc) is 2.18. The van der Waals surface area contributed by atoms with Gasteiger partial charge in [-0.3, -0.25) is 0 Å². The van der Waals surface area contributed by atoms with E-state index in [1.807, 2.05) is 0 Å². The fraction of sp³-hybridized carbons (Fsp3) is 1.00. The summed E-state index contributed by atoms with van der Waals surface area (Å²) < 4.78 is 0. The third-order valence-corrected chi connectivity index (χ3v) is 3.83. The predicted molar refractivity (Wildman–Crippen MR) is 59.0 cm³/mol. The topological polar surface area (TPSA) is 3.24 Å². The van der Waals surface area contributed by atoms with Crippen molar-refractivity contribution in [2.24, 2.45) is 5.41 Å². The molecule has 13 heavy (non-hydrogen) atoms. The molecular weight excluding hydrogens is 158 g/mol. The highest BCUT2D eigenvalue weighted by Gasteiger charge is 2.33. The number of piperidine rings is 1. The summed E-state index contributed by atoms with van der Waals surface area (Å²) in [5.74, 6) is 0. The maximum absolute atomic E-state index is 2.67. The van der Waals surface area contributed by atoms with E-state index in [1.165, 1.54) is 38.8 Å².